The standard InChI is InChI=1S/C9H11N3S2/c10-8(9-6-11-14-12-9)4-3-7-2-1-5-13-7/h1-2,5-6,8H,3-4,10H2. The van der Waals surface area contributed by atoms with E-state index in [1.54, 1.807) is 17.5 Å². The van der Waals surface area contributed by atoms with Crippen LogP contribution in [0.5, 0.6) is 0 Å². The molecule has 2 aromatic rings. The topological polar surface area (TPSA) is 51.8 Å². The normalized spacial score (nSPS) is 12.9. The molecule has 74 valence electrons. The van der Waals surface area contributed by atoms with Crippen LogP contribution in [0.4, 0.5) is 0 Å². The molecular formula is C9H11N3S2. The summed E-state index contributed by atoms with van der Waals surface area (Å²) in [6.45, 7) is 0. The summed E-state index contributed by atoms with van der Waals surface area (Å²) < 4.78 is 8.07. The Morgan fingerprint density at radius 2 is 2.43 bits per heavy atom. The maximum atomic E-state index is 5.96. The molecule has 1 atom stereocenters. The number of nitrogens with zero attached hydrogens (tertiary/aromatic N) is 2. The van der Waals surface area contributed by atoms with E-state index in [9.17, 15) is 0 Å². The van der Waals surface area contributed by atoms with Gasteiger partial charge in [0.05, 0.1) is 29.7 Å². The van der Waals surface area contributed by atoms with Gasteiger partial charge in [-0.1, -0.05) is 6.07 Å². The molecule has 5 heteroatoms. The molecule has 3 nitrogen and oxygen atoms in total. The Morgan fingerprint density at radius 1 is 1.50 bits per heavy atom. The van der Waals surface area contributed by atoms with Crippen LogP contribution >= 0.6 is 23.1 Å². The number of aromatic nitrogens is 2. The second-order valence-electron chi connectivity index (χ2n) is 3.06. The highest BCUT2D eigenvalue weighted by Crippen LogP contribution is 2.17. The molecular weight excluding hydrogens is 214 g/mol. The second kappa shape index (κ2) is 4.63. The van der Waals surface area contributed by atoms with Gasteiger partial charge in [0.25, 0.3) is 0 Å². The lowest BCUT2D eigenvalue weighted by Gasteiger charge is -2.05. The molecule has 0 saturated carbocycles. The average Bonchev–Trinajstić information content (AvgIpc) is 2.87. The number of aryl methyl sites for hydroxylation is 1. The third-order valence-electron chi connectivity index (χ3n) is 2.04. The molecule has 0 bridgehead atoms. The fourth-order valence-corrected chi connectivity index (χ4v) is 2.44. The van der Waals surface area contributed by atoms with E-state index in [1.165, 1.54) is 16.6 Å². The minimum atomic E-state index is 0.0239. The van der Waals surface area contributed by atoms with Crippen molar-refractivity contribution in [2.45, 2.75) is 18.9 Å². The Labute approximate surface area is 90.9 Å². The fraction of sp³-hybridized carbons (Fsp3) is 0.333. The summed E-state index contributed by atoms with van der Waals surface area (Å²) in [7, 11) is 0. The molecule has 0 radical (unpaired) electrons. The third kappa shape index (κ3) is 2.37. The van der Waals surface area contributed by atoms with E-state index in [0.717, 1.165) is 18.5 Å². The van der Waals surface area contributed by atoms with Gasteiger partial charge in [-0.15, -0.1) is 11.3 Å². The second-order valence-corrected chi connectivity index (χ2v) is 4.65. The zero-order valence-corrected chi connectivity index (χ0v) is 9.22. The molecule has 0 saturated heterocycles. The highest BCUT2D eigenvalue weighted by molar-refractivity contribution is 7.09. The predicted molar refractivity (Wildman–Crippen MR) is 59.5 cm³/mol. The number of rotatable bonds is 4. The van der Waals surface area contributed by atoms with Crippen molar-refractivity contribution < 1.29 is 0 Å². The van der Waals surface area contributed by atoms with Crippen LogP contribution in [0.3, 0.4) is 0 Å². The molecule has 2 N–H and O–H groups in total. The predicted octanol–water partition coefficient (Wildman–Crippen LogP) is 2.23. The molecule has 14 heavy (non-hydrogen) atoms. The highest BCUT2D eigenvalue weighted by Gasteiger charge is 2.08. The first-order chi connectivity index (χ1) is 6.86. The van der Waals surface area contributed by atoms with Crippen molar-refractivity contribution in [1.29, 1.82) is 0 Å². The van der Waals surface area contributed by atoms with Crippen LogP contribution in [0.2, 0.25) is 0 Å². The molecule has 0 aliphatic heterocycles. The van der Waals surface area contributed by atoms with Crippen LogP contribution in [0.15, 0.2) is 23.7 Å². The van der Waals surface area contributed by atoms with Gasteiger partial charge in [-0.2, -0.15) is 8.75 Å². The van der Waals surface area contributed by atoms with E-state index in [0.29, 0.717) is 0 Å². The summed E-state index contributed by atoms with van der Waals surface area (Å²) >= 11 is 2.99. The van der Waals surface area contributed by atoms with E-state index in [-0.39, 0.29) is 6.04 Å². The summed E-state index contributed by atoms with van der Waals surface area (Å²) in [4.78, 5) is 1.38. The van der Waals surface area contributed by atoms with E-state index in [4.69, 9.17) is 5.73 Å². The van der Waals surface area contributed by atoms with Crippen molar-refractivity contribution in [1.82, 2.24) is 8.75 Å². The molecule has 2 heterocycles. The smallest absolute Gasteiger partial charge is 0.0910 e. The molecule has 0 spiro atoms. The van der Waals surface area contributed by atoms with Gasteiger partial charge in [-0.25, -0.2) is 0 Å². The minimum absolute atomic E-state index is 0.0239. The van der Waals surface area contributed by atoms with Gasteiger partial charge in [0.1, 0.15) is 0 Å². The Morgan fingerprint density at radius 3 is 3.07 bits per heavy atom. The van der Waals surface area contributed by atoms with Crippen LogP contribution in [0, 0.1) is 0 Å². The van der Waals surface area contributed by atoms with Crippen molar-refractivity contribution in [3.63, 3.8) is 0 Å². The molecule has 0 aromatic carbocycles. The van der Waals surface area contributed by atoms with E-state index < -0.39 is 0 Å². The van der Waals surface area contributed by atoms with Crippen LogP contribution in [-0.2, 0) is 6.42 Å². The number of thiophene rings is 1. The van der Waals surface area contributed by atoms with Crippen LogP contribution in [0.25, 0.3) is 0 Å². The minimum Gasteiger partial charge on any atom is -0.323 e. The lowest BCUT2D eigenvalue weighted by atomic mass is 10.1. The third-order valence-corrected chi connectivity index (χ3v) is 3.47. The fourth-order valence-electron chi connectivity index (χ4n) is 1.24. The zero-order chi connectivity index (χ0) is 9.80. The van der Waals surface area contributed by atoms with Gasteiger partial charge < -0.3 is 5.73 Å². The molecule has 0 amide bonds. The maximum absolute atomic E-state index is 5.96. The number of nitrogens with two attached hydrogens (primary N) is 1. The monoisotopic (exact) mass is 225 g/mol. The summed E-state index contributed by atoms with van der Waals surface area (Å²) in [5.74, 6) is 0. The summed E-state index contributed by atoms with van der Waals surface area (Å²) in [6.07, 6.45) is 3.71. The van der Waals surface area contributed by atoms with Crippen LogP contribution in [-0.4, -0.2) is 8.75 Å². The Kier molecular flexibility index (Phi) is 3.23. The van der Waals surface area contributed by atoms with Gasteiger partial charge in [0.15, 0.2) is 0 Å². The lowest BCUT2D eigenvalue weighted by molar-refractivity contribution is 0.642. The first-order valence-corrected chi connectivity index (χ1v) is 6.02. The summed E-state index contributed by atoms with van der Waals surface area (Å²) in [6, 6.07) is 4.22. The van der Waals surface area contributed by atoms with Gasteiger partial charge >= 0.3 is 0 Å². The van der Waals surface area contributed by atoms with E-state index >= 15 is 0 Å². The molecule has 0 aliphatic carbocycles. The Balaban J connectivity index is 1.87. The number of hydrogen-bond donors (Lipinski definition) is 1. The first kappa shape index (κ1) is 9.76. The molecule has 1 unspecified atom stereocenters. The van der Waals surface area contributed by atoms with Crippen molar-refractivity contribution in [3.8, 4) is 0 Å². The molecule has 0 fully saturated rings. The largest absolute Gasteiger partial charge is 0.323 e. The lowest BCUT2D eigenvalue weighted by Crippen LogP contribution is -2.11. The summed E-state index contributed by atoms with van der Waals surface area (Å²) in [5.41, 5.74) is 6.87. The van der Waals surface area contributed by atoms with Crippen molar-refractivity contribution in [2.75, 3.05) is 0 Å². The average molecular weight is 225 g/mol. The van der Waals surface area contributed by atoms with E-state index in [2.05, 4.69) is 26.3 Å². The first-order valence-electron chi connectivity index (χ1n) is 4.41. The summed E-state index contributed by atoms with van der Waals surface area (Å²) in [5, 5.41) is 2.09. The van der Waals surface area contributed by atoms with Crippen LogP contribution in [0.1, 0.15) is 23.0 Å². The van der Waals surface area contributed by atoms with Crippen molar-refractivity contribution >= 4 is 23.1 Å². The SMILES string of the molecule is NC(CCc1cccs1)c1cnsn1. The zero-order valence-electron chi connectivity index (χ0n) is 7.59. The van der Waals surface area contributed by atoms with Gasteiger partial charge in [0, 0.05) is 4.88 Å². The van der Waals surface area contributed by atoms with Crippen molar-refractivity contribution in [3.05, 3.63) is 34.3 Å². The quantitative estimate of drug-likeness (QED) is 0.868. The Bertz CT molecular complexity index is 355. The van der Waals surface area contributed by atoms with Gasteiger partial charge in [-0.05, 0) is 24.3 Å². The van der Waals surface area contributed by atoms with Gasteiger partial charge in [0.2, 0.25) is 0 Å². The molecule has 0 aliphatic rings. The molecule has 2 rings (SSSR count). The highest BCUT2D eigenvalue weighted by atomic mass is 32.1. The Hall–Kier alpha value is -0.780. The molecule has 2 aromatic heterocycles. The maximum Gasteiger partial charge on any atom is 0.0910 e. The van der Waals surface area contributed by atoms with Crippen molar-refractivity contribution in [2.24, 2.45) is 5.73 Å². The van der Waals surface area contributed by atoms with E-state index in [1.807, 2.05) is 0 Å². The van der Waals surface area contributed by atoms with Crippen LogP contribution < -0.4 is 5.73 Å². The number of hydrogen-bond acceptors (Lipinski definition) is 5. The van der Waals surface area contributed by atoms with Gasteiger partial charge in [-0.3, -0.25) is 0 Å².